The van der Waals surface area contributed by atoms with Gasteiger partial charge in [-0.3, -0.25) is 24.0 Å². The Labute approximate surface area is 183 Å². The van der Waals surface area contributed by atoms with Crippen LogP contribution in [0.2, 0.25) is 0 Å². The highest BCUT2D eigenvalue weighted by Gasteiger charge is 2.22. The summed E-state index contributed by atoms with van der Waals surface area (Å²) < 4.78 is 25.7. The molecule has 0 aliphatic rings. The smallest absolute Gasteiger partial charge is 0.308 e. The van der Waals surface area contributed by atoms with Gasteiger partial charge in [-0.25, -0.2) is 0 Å². The zero-order valence-corrected chi connectivity index (χ0v) is 18.0. The molecule has 2 rings (SSSR count). The fourth-order valence-corrected chi connectivity index (χ4v) is 2.71. The number of carbonyl (C=O) groups excluding carboxylic acids is 5. The number of benzene rings is 2. The average molecular weight is 444 g/mol. The van der Waals surface area contributed by atoms with Crippen LogP contribution in [-0.4, -0.2) is 29.8 Å². The Balaban J connectivity index is 2.83. The Morgan fingerprint density at radius 2 is 0.781 bits per heavy atom. The van der Waals surface area contributed by atoms with Crippen molar-refractivity contribution in [2.45, 2.75) is 34.6 Å². The summed E-state index contributed by atoms with van der Waals surface area (Å²) in [4.78, 5) is 57.7. The first kappa shape index (κ1) is 24.1. The molecule has 0 aliphatic heterocycles. The molecule has 0 spiro atoms. The Hall–Kier alpha value is -4.21. The van der Waals surface area contributed by atoms with Crippen LogP contribution in [0.1, 0.15) is 34.6 Å². The normalized spacial score (nSPS) is 10.0. The second-order valence-electron chi connectivity index (χ2n) is 6.46. The van der Waals surface area contributed by atoms with E-state index < -0.39 is 29.8 Å². The molecule has 10 heteroatoms. The monoisotopic (exact) mass is 444 g/mol. The summed E-state index contributed by atoms with van der Waals surface area (Å²) in [5.41, 5.74) is 0.288. The van der Waals surface area contributed by atoms with E-state index in [4.69, 9.17) is 23.7 Å². The van der Waals surface area contributed by atoms with Crippen LogP contribution in [0.4, 0.5) is 0 Å². The second kappa shape index (κ2) is 10.2. The van der Waals surface area contributed by atoms with Crippen molar-refractivity contribution >= 4 is 29.8 Å². The van der Waals surface area contributed by atoms with E-state index in [9.17, 15) is 24.0 Å². The van der Waals surface area contributed by atoms with Crippen molar-refractivity contribution in [1.82, 2.24) is 0 Å². The summed E-state index contributed by atoms with van der Waals surface area (Å²) in [5, 5.41) is 0. The first-order valence-electron chi connectivity index (χ1n) is 9.20. The van der Waals surface area contributed by atoms with Crippen LogP contribution in [0.15, 0.2) is 30.3 Å². The van der Waals surface area contributed by atoms with Gasteiger partial charge in [-0.05, 0) is 17.7 Å². The number of rotatable bonds is 6. The van der Waals surface area contributed by atoms with Crippen molar-refractivity contribution in [2.24, 2.45) is 0 Å². The highest BCUT2D eigenvalue weighted by molar-refractivity contribution is 5.86. The van der Waals surface area contributed by atoms with Gasteiger partial charge >= 0.3 is 29.8 Å². The minimum atomic E-state index is -0.712. The molecule has 168 valence electrons. The van der Waals surface area contributed by atoms with Crippen LogP contribution >= 0.6 is 0 Å². The van der Waals surface area contributed by atoms with E-state index in [1.165, 1.54) is 51.1 Å². The standard InChI is InChI=1S/C22H20O10/c1-11(23)28-17-6-16(7-18(8-17)29-12(2)24)22-20(31-14(4)26)9-19(30-13(3)25)10-21(22)32-15(5)27/h6-10H,1-5H3. The summed E-state index contributed by atoms with van der Waals surface area (Å²) in [7, 11) is 0. The number of carbonyl (C=O) groups is 5. The number of esters is 5. The molecule has 10 nitrogen and oxygen atoms in total. The number of ether oxygens (including phenoxy) is 5. The largest absolute Gasteiger partial charge is 0.427 e. The van der Waals surface area contributed by atoms with Gasteiger partial charge in [-0.2, -0.15) is 0 Å². The molecule has 2 aromatic carbocycles. The lowest BCUT2D eigenvalue weighted by atomic mass is 10.0. The van der Waals surface area contributed by atoms with E-state index in [1.807, 2.05) is 0 Å². The first-order chi connectivity index (χ1) is 14.9. The molecule has 32 heavy (non-hydrogen) atoms. The van der Waals surface area contributed by atoms with Crippen molar-refractivity contribution in [3.05, 3.63) is 30.3 Å². The van der Waals surface area contributed by atoms with Crippen LogP contribution < -0.4 is 23.7 Å². The van der Waals surface area contributed by atoms with Crippen molar-refractivity contribution in [3.63, 3.8) is 0 Å². The van der Waals surface area contributed by atoms with E-state index >= 15 is 0 Å². The molecule has 0 bridgehead atoms. The van der Waals surface area contributed by atoms with Gasteiger partial charge in [0.05, 0.1) is 5.56 Å². The maximum atomic E-state index is 11.7. The fourth-order valence-electron chi connectivity index (χ4n) is 2.71. The summed E-state index contributed by atoms with van der Waals surface area (Å²) >= 11 is 0. The molecule has 0 N–H and O–H groups in total. The highest BCUT2D eigenvalue weighted by Crippen LogP contribution is 2.44. The zero-order valence-electron chi connectivity index (χ0n) is 18.0. The fraction of sp³-hybridized carbons (Fsp3) is 0.227. The summed E-state index contributed by atoms with van der Waals surface area (Å²) in [5.74, 6) is -3.63. The summed E-state index contributed by atoms with van der Waals surface area (Å²) in [6.07, 6.45) is 0. The lowest BCUT2D eigenvalue weighted by Crippen LogP contribution is -2.09. The van der Waals surface area contributed by atoms with Gasteiger partial charge in [-0.1, -0.05) is 0 Å². The van der Waals surface area contributed by atoms with E-state index in [2.05, 4.69) is 0 Å². The second-order valence-corrected chi connectivity index (χ2v) is 6.46. The maximum absolute atomic E-state index is 11.7. The summed E-state index contributed by atoms with van der Waals surface area (Å²) in [6, 6.07) is 6.56. The topological polar surface area (TPSA) is 132 Å². The molecule has 0 radical (unpaired) electrons. The van der Waals surface area contributed by atoms with Crippen molar-refractivity contribution in [2.75, 3.05) is 0 Å². The SMILES string of the molecule is CC(=O)Oc1cc(OC(C)=O)cc(-c2c(OC(C)=O)cc(OC(C)=O)cc2OC(C)=O)c1. The van der Waals surface area contributed by atoms with Crippen molar-refractivity contribution in [1.29, 1.82) is 0 Å². The van der Waals surface area contributed by atoms with Crippen LogP contribution in [0, 0.1) is 0 Å². The minimum absolute atomic E-state index is 0.0119. The van der Waals surface area contributed by atoms with Gasteiger partial charge in [0.1, 0.15) is 28.7 Å². The van der Waals surface area contributed by atoms with E-state index in [-0.39, 0.29) is 39.9 Å². The van der Waals surface area contributed by atoms with E-state index in [0.717, 1.165) is 13.8 Å². The predicted octanol–water partition coefficient (Wildman–Crippen LogP) is 2.98. The van der Waals surface area contributed by atoms with Gasteiger partial charge in [0, 0.05) is 52.8 Å². The van der Waals surface area contributed by atoms with E-state index in [0.29, 0.717) is 0 Å². The number of hydrogen-bond donors (Lipinski definition) is 0. The Kier molecular flexibility index (Phi) is 7.67. The predicted molar refractivity (Wildman–Crippen MR) is 108 cm³/mol. The Bertz CT molecular complexity index is 1030. The van der Waals surface area contributed by atoms with Crippen LogP contribution in [-0.2, 0) is 24.0 Å². The molecule has 2 aromatic rings. The van der Waals surface area contributed by atoms with Crippen molar-refractivity contribution in [3.8, 4) is 39.9 Å². The van der Waals surface area contributed by atoms with Gasteiger partial charge < -0.3 is 23.7 Å². The third kappa shape index (κ3) is 6.94. The molecule has 0 unspecified atom stereocenters. The molecule has 0 amide bonds. The molecule has 0 aliphatic carbocycles. The molecule has 0 heterocycles. The Morgan fingerprint density at radius 3 is 1.09 bits per heavy atom. The maximum Gasteiger partial charge on any atom is 0.308 e. The Morgan fingerprint density at radius 1 is 0.469 bits per heavy atom. The third-order valence-electron chi connectivity index (χ3n) is 3.50. The average Bonchev–Trinajstić information content (AvgIpc) is 2.58. The van der Waals surface area contributed by atoms with E-state index in [1.54, 1.807) is 0 Å². The molecule has 0 atom stereocenters. The van der Waals surface area contributed by atoms with Crippen LogP contribution in [0.3, 0.4) is 0 Å². The molecule has 0 saturated heterocycles. The molecular weight excluding hydrogens is 424 g/mol. The van der Waals surface area contributed by atoms with Gasteiger partial charge in [-0.15, -0.1) is 0 Å². The lowest BCUT2D eigenvalue weighted by molar-refractivity contribution is -0.133. The van der Waals surface area contributed by atoms with Gasteiger partial charge in [0.15, 0.2) is 0 Å². The molecule has 0 saturated carbocycles. The van der Waals surface area contributed by atoms with Crippen LogP contribution in [0.5, 0.6) is 28.7 Å². The highest BCUT2D eigenvalue weighted by atomic mass is 16.6. The minimum Gasteiger partial charge on any atom is -0.427 e. The number of hydrogen-bond acceptors (Lipinski definition) is 10. The third-order valence-corrected chi connectivity index (χ3v) is 3.50. The first-order valence-corrected chi connectivity index (χ1v) is 9.20. The lowest BCUT2D eigenvalue weighted by Gasteiger charge is -2.17. The molecule has 0 fully saturated rings. The summed E-state index contributed by atoms with van der Waals surface area (Å²) in [6.45, 7) is 5.82. The van der Waals surface area contributed by atoms with Crippen LogP contribution in [0.25, 0.3) is 11.1 Å². The van der Waals surface area contributed by atoms with Gasteiger partial charge in [0.25, 0.3) is 0 Å². The van der Waals surface area contributed by atoms with Gasteiger partial charge in [0.2, 0.25) is 0 Å². The zero-order chi connectivity index (χ0) is 24.0. The molecule has 0 aromatic heterocycles. The molecular formula is C22H20O10. The van der Waals surface area contributed by atoms with Crippen molar-refractivity contribution < 1.29 is 47.7 Å². The quantitative estimate of drug-likeness (QED) is 0.484.